The number of aliphatic hydroxyl groups excluding tert-OH is 2. The average molecular weight is 423 g/mol. The van der Waals surface area contributed by atoms with E-state index in [0.29, 0.717) is 18.8 Å². The van der Waals surface area contributed by atoms with Crippen LogP contribution in [-0.2, 0) is 0 Å². The summed E-state index contributed by atoms with van der Waals surface area (Å²) >= 11 is 0. The molecular weight excluding hydrogens is 384 g/mol. The Bertz CT molecular complexity index is 897. The maximum absolute atomic E-state index is 10.1. The summed E-state index contributed by atoms with van der Waals surface area (Å²) in [4.78, 5) is 0. The van der Waals surface area contributed by atoms with E-state index in [1.807, 2.05) is 0 Å². The highest BCUT2D eigenvalue weighted by Gasteiger charge is 2.56. The molecule has 0 unspecified atom stereocenters. The molecule has 0 spiro atoms. The van der Waals surface area contributed by atoms with Crippen LogP contribution in [0.4, 0.5) is 0 Å². The molecule has 3 heteroatoms. The molecule has 0 aromatic rings. The molecule has 0 heterocycles. The Morgan fingerprint density at radius 3 is 2.65 bits per heavy atom. The first-order valence-corrected chi connectivity index (χ1v) is 11.9. The molecular formula is C28H38O3. The highest BCUT2D eigenvalue weighted by atomic mass is 16.3. The molecule has 0 radical (unpaired) electrons. The second-order valence-corrected chi connectivity index (χ2v) is 11.1. The number of hydrogen-bond acceptors (Lipinski definition) is 3. The second-order valence-electron chi connectivity index (χ2n) is 11.1. The van der Waals surface area contributed by atoms with E-state index >= 15 is 0 Å². The molecule has 0 saturated heterocycles. The molecule has 4 rings (SSSR count). The third kappa shape index (κ3) is 4.49. The zero-order chi connectivity index (χ0) is 22.4. The lowest BCUT2D eigenvalue weighted by Gasteiger charge is -2.43. The van der Waals surface area contributed by atoms with Crippen molar-refractivity contribution in [3.8, 4) is 11.8 Å². The van der Waals surface area contributed by atoms with Gasteiger partial charge in [0.2, 0.25) is 0 Å². The number of hydrogen-bond donors (Lipinski definition) is 3. The number of rotatable bonds is 3. The fourth-order valence-electron chi connectivity index (χ4n) is 6.23. The van der Waals surface area contributed by atoms with Crippen molar-refractivity contribution in [1.82, 2.24) is 0 Å². The highest BCUT2D eigenvalue weighted by molar-refractivity contribution is 5.42. The van der Waals surface area contributed by atoms with Crippen molar-refractivity contribution in [2.24, 2.45) is 16.7 Å². The molecule has 3 saturated carbocycles. The van der Waals surface area contributed by atoms with Crippen LogP contribution in [0.15, 0.2) is 47.1 Å². The van der Waals surface area contributed by atoms with Crippen molar-refractivity contribution in [3.63, 3.8) is 0 Å². The van der Waals surface area contributed by atoms with E-state index in [0.717, 1.165) is 30.4 Å². The molecule has 3 nitrogen and oxygen atoms in total. The fourth-order valence-corrected chi connectivity index (χ4v) is 6.23. The SMILES string of the molecule is C=C1/C(=C\C=C2/CCC[C@]3(C)C(C4(CC#CC(C)(C)O)CC4)=CC[C@@H]23)C[C@@H](O)C[C@@H]1O. The van der Waals surface area contributed by atoms with Crippen LogP contribution >= 0.6 is 0 Å². The molecule has 0 amide bonds. The summed E-state index contributed by atoms with van der Waals surface area (Å²) in [6.45, 7) is 10.0. The summed E-state index contributed by atoms with van der Waals surface area (Å²) < 4.78 is 0. The van der Waals surface area contributed by atoms with Crippen LogP contribution in [0.3, 0.4) is 0 Å². The summed E-state index contributed by atoms with van der Waals surface area (Å²) in [6, 6.07) is 0. The van der Waals surface area contributed by atoms with Gasteiger partial charge in [-0.2, -0.15) is 0 Å². The molecule has 4 aliphatic rings. The Morgan fingerprint density at radius 1 is 1.23 bits per heavy atom. The van der Waals surface area contributed by atoms with Crippen molar-refractivity contribution in [2.45, 2.75) is 96.4 Å². The van der Waals surface area contributed by atoms with Crippen LogP contribution in [0, 0.1) is 28.6 Å². The molecule has 4 aliphatic carbocycles. The Morgan fingerprint density at radius 2 is 1.97 bits per heavy atom. The van der Waals surface area contributed by atoms with Crippen LogP contribution in [0.25, 0.3) is 0 Å². The number of aliphatic hydroxyl groups is 3. The molecule has 3 N–H and O–H groups in total. The van der Waals surface area contributed by atoms with Crippen molar-refractivity contribution in [1.29, 1.82) is 0 Å². The van der Waals surface area contributed by atoms with Crippen LogP contribution in [-0.4, -0.2) is 33.1 Å². The molecule has 0 aliphatic heterocycles. The highest BCUT2D eigenvalue weighted by Crippen LogP contribution is 2.67. The van der Waals surface area contributed by atoms with Gasteiger partial charge in [-0.25, -0.2) is 0 Å². The number of fused-ring (bicyclic) bond motifs is 1. The first-order chi connectivity index (χ1) is 14.5. The van der Waals surface area contributed by atoms with Crippen LogP contribution in [0.2, 0.25) is 0 Å². The van der Waals surface area contributed by atoms with Gasteiger partial charge in [0.05, 0.1) is 12.2 Å². The van der Waals surface area contributed by atoms with Gasteiger partial charge in [-0.05, 0) is 81.3 Å². The smallest absolute Gasteiger partial charge is 0.119 e. The molecule has 4 atom stereocenters. The van der Waals surface area contributed by atoms with Gasteiger partial charge >= 0.3 is 0 Å². The summed E-state index contributed by atoms with van der Waals surface area (Å²) in [5.74, 6) is 6.83. The summed E-state index contributed by atoms with van der Waals surface area (Å²) in [6.07, 6.45) is 14.6. The minimum atomic E-state index is -0.925. The maximum atomic E-state index is 10.1. The van der Waals surface area contributed by atoms with Crippen molar-refractivity contribution in [2.75, 3.05) is 0 Å². The molecule has 3 fully saturated rings. The fraction of sp³-hybridized carbons (Fsp3) is 0.643. The first-order valence-electron chi connectivity index (χ1n) is 11.9. The van der Waals surface area contributed by atoms with E-state index < -0.39 is 17.8 Å². The largest absolute Gasteiger partial charge is 0.393 e. The first kappa shape index (κ1) is 22.6. The molecule has 0 aromatic heterocycles. The third-order valence-electron chi connectivity index (χ3n) is 8.06. The summed E-state index contributed by atoms with van der Waals surface area (Å²) in [5, 5.41) is 30.1. The standard InChI is InChI=1S/C28H38O3/c1-19-21(17-22(29)18-24(19)30)9-8-20-7-5-13-27(4)23(20)10-11-25(27)28(15-16-28)14-6-12-26(2,3)31/h8-9,11,22-24,29-31H,1,5,7,10,13-18H2,2-4H3/b20-8+,21-9-/t22-,23+,24+,27+/m1/s1. The van der Waals surface area contributed by atoms with Crippen molar-refractivity contribution in [3.05, 3.63) is 47.1 Å². The van der Waals surface area contributed by atoms with Gasteiger partial charge < -0.3 is 15.3 Å². The minimum absolute atomic E-state index is 0.193. The quantitative estimate of drug-likeness (QED) is 0.443. The topological polar surface area (TPSA) is 60.7 Å². The lowest BCUT2D eigenvalue weighted by atomic mass is 9.61. The van der Waals surface area contributed by atoms with E-state index in [1.165, 1.54) is 31.3 Å². The lowest BCUT2D eigenvalue weighted by molar-refractivity contribution is 0.0862. The van der Waals surface area contributed by atoms with Gasteiger partial charge in [0.25, 0.3) is 0 Å². The van der Waals surface area contributed by atoms with E-state index in [4.69, 9.17) is 0 Å². The Hall–Kier alpha value is -1.60. The van der Waals surface area contributed by atoms with Gasteiger partial charge in [-0.15, -0.1) is 0 Å². The zero-order valence-corrected chi connectivity index (χ0v) is 19.4. The summed E-state index contributed by atoms with van der Waals surface area (Å²) in [5.41, 5.74) is 4.33. The molecule has 0 bridgehead atoms. The zero-order valence-electron chi connectivity index (χ0n) is 19.4. The Kier molecular flexibility index (Phi) is 5.88. The van der Waals surface area contributed by atoms with E-state index in [9.17, 15) is 15.3 Å². The normalized spacial score (nSPS) is 37.3. The van der Waals surface area contributed by atoms with Gasteiger partial charge in [0, 0.05) is 18.3 Å². The van der Waals surface area contributed by atoms with Gasteiger partial charge in [-0.3, -0.25) is 0 Å². The predicted molar refractivity (Wildman–Crippen MR) is 125 cm³/mol. The van der Waals surface area contributed by atoms with Gasteiger partial charge in [-0.1, -0.05) is 54.7 Å². The third-order valence-corrected chi connectivity index (χ3v) is 8.06. The molecule has 168 valence electrons. The molecule has 0 aromatic carbocycles. The van der Waals surface area contributed by atoms with Crippen LogP contribution in [0.1, 0.15) is 78.6 Å². The average Bonchev–Trinajstić information content (AvgIpc) is 3.35. The van der Waals surface area contributed by atoms with Crippen LogP contribution in [0.5, 0.6) is 0 Å². The Labute approximate surface area is 187 Å². The van der Waals surface area contributed by atoms with Gasteiger partial charge in [0.15, 0.2) is 0 Å². The van der Waals surface area contributed by atoms with Crippen LogP contribution < -0.4 is 0 Å². The van der Waals surface area contributed by atoms with Gasteiger partial charge in [0.1, 0.15) is 5.60 Å². The predicted octanol–water partition coefficient (Wildman–Crippen LogP) is 4.99. The van der Waals surface area contributed by atoms with E-state index in [-0.39, 0.29) is 10.8 Å². The number of allylic oxidation sites excluding steroid dienone is 5. The van der Waals surface area contributed by atoms with E-state index in [1.54, 1.807) is 19.4 Å². The van der Waals surface area contributed by atoms with E-state index in [2.05, 4.69) is 43.6 Å². The summed E-state index contributed by atoms with van der Waals surface area (Å²) in [7, 11) is 0. The lowest BCUT2D eigenvalue weighted by Crippen LogP contribution is -2.33. The second kappa shape index (κ2) is 8.07. The molecule has 31 heavy (non-hydrogen) atoms. The Balaban J connectivity index is 1.54. The minimum Gasteiger partial charge on any atom is -0.393 e. The van der Waals surface area contributed by atoms with Crippen molar-refractivity contribution >= 4 is 0 Å². The maximum Gasteiger partial charge on any atom is 0.119 e. The monoisotopic (exact) mass is 422 g/mol. The van der Waals surface area contributed by atoms with Crippen molar-refractivity contribution < 1.29 is 15.3 Å².